The minimum absolute atomic E-state index is 0.175. The second kappa shape index (κ2) is 3.46. The molecule has 1 heterocycles. The molecule has 2 bridgehead atoms. The number of hydrogen-bond donors (Lipinski definition) is 2. The van der Waals surface area contributed by atoms with Crippen LogP contribution in [0, 0.1) is 11.3 Å². The Bertz CT molecular complexity index is 778. The molecule has 1 spiro atoms. The average Bonchev–Trinajstić information content (AvgIpc) is 3.11. The van der Waals surface area contributed by atoms with Crippen molar-refractivity contribution in [1.29, 1.82) is 0 Å². The summed E-state index contributed by atoms with van der Waals surface area (Å²) in [4.78, 5) is 0. The molecule has 2 N–H and O–H groups in total. The van der Waals surface area contributed by atoms with Gasteiger partial charge in [0.05, 0.1) is 22.8 Å². The Kier molecular flexibility index (Phi) is 1.97. The summed E-state index contributed by atoms with van der Waals surface area (Å²) >= 11 is 6.55. The van der Waals surface area contributed by atoms with E-state index in [4.69, 9.17) is 11.6 Å². The first-order valence-electron chi connectivity index (χ1n) is 7.23. The van der Waals surface area contributed by atoms with Crippen molar-refractivity contribution < 1.29 is 5.11 Å². The zero-order valence-corrected chi connectivity index (χ0v) is 11.7. The lowest BCUT2D eigenvalue weighted by molar-refractivity contribution is 0.138. The number of H-pyrrole nitrogens is 1. The smallest absolute Gasteiger partial charge is 0.0927 e. The second-order valence-corrected chi connectivity index (χ2v) is 6.96. The summed E-state index contributed by atoms with van der Waals surface area (Å²) in [7, 11) is 0. The Morgan fingerprint density at radius 2 is 2.30 bits per heavy atom. The minimum Gasteiger partial charge on any atom is -0.387 e. The van der Waals surface area contributed by atoms with Crippen LogP contribution in [-0.4, -0.2) is 21.4 Å². The number of aromatic nitrogens is 2. The quantitative estimate of drug-likeness (QED) is 0.781. The molecule has 3 aliphatic rings. The number of fused-ring (bicyclic) bond motifs is 5. The van der Waals surface area contributed by atoms with E-state index in [9.17, 15) is 5.11 Å². The van der Waals surface area contributed by atoms with Crippen molar-refractivity contribution in [3.05, 3.63) is 34.5 Å². The van der Waals surface area contributed by atoms with Crippen LogP contribution in [-0.2, 0) is 6.42 Å². The number of nitrogens with zero attached hydrogens (tertiary/aromatic N) is 1. The van der Waals surface area contributed by atoms with Gasteiger partial charge >= 0.3 is 0 Å². The standard InChI is InChI=1S/C16H15ClN2O/c17-14-13-9-1-2-12-11(7-18-19-12)10(9)6-16(13)4-3-8(5-16)15(14)20/h1-2,7-8,15,20H,3-6H2,(H,18,19). The van der Waals surface area contributed by atoms with E-state index >= 15 is 0 Å². The maximum Gasteiger partial charge on any atom is 0.0927 e. The molecule has 1 aromatic heterocycles. The Hall–Kier alpha value is -1.32. The van der Waals surface area contributed by atoms with Crippen molar-refractivity contribution in [2.45, 2.75) is 31.8 Å². The second-order valence-electron chi connectivity index (χ2n) is 6.55. The number of aliphatic hydroxyl groups is 1. The number of aromatic amines is 1. The highest BCUT2D eigenvalue weighted by atomic mass is 35.5. The lowest BCUT2D eigenvalue weighted by atomic mass is 9.74. The molecule has 102 valence electrons. The number of nitrogens with one attached hydrogen (secondary N) is 1. The SMILES string of the molecule is OC1C(Cl)=C2c3ccc4[nH]ncc4c3CC23CCC1C3. The molecule has 3 unspecified atom stereocenters. The van der Waals surface area contributed by atoms with Crippen molar-refractivity contribution in [1.82, 2.24) is 10.2 Å². The molecule has 2 aromatic rings. The fourth-order valence-corrected chi connectivity index (χ4v) is 5.26. The number of benzene rings is 1. The first-order valence-corrected chi connectivity index (χ1v) is 7.61. The van der Waals surface area contributed by atoms with Crippen LogP contribution in [0.1, 0.15) is 30.4 Å². The summed E-state index contributed by atoms with van der Waals surface area (Å²) in [6, 6.07) is 4.22. The van der Waals surface area contributed by atoms with Crippen LogP contribution in [0.25, 0.3) is 16.5 Å². The lowest BCUT2D eigenvalue weighted by Gasteiger charge is -2.33. The van der Waals surface area contributed by atoms with E-state index in [0.717, 1.165) is 31.2 Å². The molecule has 5 rings (SSSR count). The van der Waals surface area contributed by atoms with Gasteiger partial charge in [-0.05, 0) is 54.4 Å². The van der Waals surface area contributed by atoms with Crippen LogP contribution in [0.5, 0.6) is 0 Å². The monoisotopic (exact) mass is 286 g/mol. The third-order valence-electron chi connectivity index (χ3n) is 5.64. The zero-order valence-electron chi connectivity index (χ0n) is 11.0. The summed E-state index contributed by atoms with van der Waals surface area (Å²) in [6.45, 7) is 0. The van der Waals surface area contributed by atoms with Gasteiger partial charge in [0.2, 0.25) is 0 Å². The normalized spacial score (nSPS) is 34.7. The highest BCUT2D eigenvalue weighted by molar-refractivity contribution is 6.34. The van der Waals surface area contributed by atoms with Crippen LogP contribution >= 0.6 is 11.6 Å². The third kappa shape index (κ3) is 1.15. The van der Waals surface area contributed by atoms with Gasteiger partial charge in [0.15, 0.2) is 0 Å². The van der Waals surface area contributed by atoms with E-state index in [1.165, 1.54) is 22.1 Å². The molecule has 3 aliphatic carbocycles. The highest BCUT2D eigenvalue weighted by Crippen LogP contribution is 2.64. The molecule has 0 saturated heterocycles. The molecule has 0 radical (unpaired) electrons. The lowest BCUT2D eigenvalue weighted by Crippen LogP contribution is -2.29. The van der Waals surface area contributed by atoms with Crippen LogP contribution < -0.4 is 0 Å². The fraction of sp³-hybridized carbons (Fsp3) is 0.438. The minimum atomic E-state index is -0.465. The van der Waals surface area contributed by atoms with Gasteiger partial charge in [-0.1, -0.05) is 17.7 Å². The topological polar surface area (TPSA) is 48.9 Å². The molecule has 1 aromatic carbocycles. The molecule has 1 fully saturated rings. The number of hydrogen-bond acceptors (Lipinski definition) is 2. The number of rotatable bonds is 0. The molecule has 0 aliphatic heterocycles. The van der Waals surface area contributed by atoms with Gasteiger partial charge in [0.1, 0.15) is 0 Å². The maximum absolute atomic E-state index is 10.4. The first-order chi connectivity index (χ1) is 9.70. The van der Waals surface area contributed by atoms with Crippen molar-refractivity contribution in [2.24, 2.45) is 11.3 Å². The van der Waals surface area contributed by atoms with Crippen molar-refractivity contribution in [2.75, 3.05) is 0 Å². The van der Waals surface area contributed by atoms with E-state index in [2.05, 4.69) is 22.3 Å². The highest BCUT2D eigenvalue weighted by Gasteiger charge is 2.54. The molecule has 3 atom stereocenters. The Morgan fingerprint density at radius 1 is 1.40 bits per heavy atom. The van der Waals surface area contributed by atoms with Gasteiger partial charge in [-0.15, -0.1) is 0 Å². The summed E-state index contributed by atoms with van der Waals surface area (Å²) in [5.74, 6) is 0.348. The van der Waals surface area contributed by atoms with E-state index in [1.807, 2.05) is 6.20 Å². The van der Waals surface area contributed by atoms with Crippen LogP contribution in [0.4, 0.5) is 0 Å². The number of allylic oxidation sites excluding steroid dienone is 1. The van der Waals surface area contributed by atoms with Crippen molar-refractivity contribution >= 4 is 28.1 Å². The zero-order chi connectivity index (χ0) is 13.5. The maximum atomic E-state index is 10.4. The van der Waals surface area contributed by atoms with Gasteiger partial charge in [-0.2, -0.15) is 5.10 Å². The van der Waals surface area contributed by atoms with Gasteiger partial charge in [-0.25, -0.2) is 0 Å². The molecule has 20 heavy (non-hydrogen) atoms. The van der Waals surface area contributed by atoms with Crippen LogP contribution in [0.2, 0.25) is 0 Å². The van der Waals surface area contributed by atoms with E-state index in [1.54, 1.807) is 0 Å². The van der Waals surface area contributed by atoms with Gasteiger partial charge in [0, 0.05) is 10.8 Å². The predicted molar refractivity (Wildman–Crippen MR) is 78.4 cm³/mol. The molecular formula is C16H15ClN2O. The van der Waals surface area contributed by atoms with Crippen LogP contribution in [0.3, 0.4) is 0 Å². The largest absolute Gasteiger partial charge is 0.387 e. The van der Waals surface area contributed by atoms with Crippen molar-refractivity contribution in [3.63, 3.8) is 0 Å². The van der Waals surface area contributed by atoms with Crippen LogP contribution in [0.15, 0.2) is 23.4 Å². The average molecular weight is 287 g/mol. The fourth-order valence-electron chi connectivity index (χ4n) is 4.77. The molecular weight excluding hydrogens is 272 g/mol. The Balaban J connectivity index is 1.86. The number of aliphatic hydroxyl groups excluding tert-OH is 1. The number of halogens is 1. The molecule has 0 amide bonds. The summed E-state index contributed by atoms with van der Waals surface area (Å²) in [5.41, 5.74) is 5.08. The van der Waals surface area contributed by atoms with E-state index in [0.29, 0.717) is 11.0 Å². The third-order valence-corrected chi connectivity index (χ3v) is 6.05. The van der Waals surface area contributed by atoms with E-state index < -0.39 is 6.10 Å². The van der Waals surface area contributed by atoms with Gasteiger partial charge in [0.25, 0.3) is 0 Å². The molecule has 4 heteroatoms. The Morgan fingerprint density at radius 3 is 3.20 bits per heavy atom. The molecule has 1 saturated carbocycles. The van der Waals surface area contributed by atoms with Gasteiger partial charge < -0.3 is 5.11 Å². The first kappa shape index (κ1) is 11.4. The Labute approximate surface area is 121 Å². The predicted octanol–water partition coefficient (Wildman–Crippen LogP) is 3.23. The summed E-state index contributed by atoms with van der Waals surface area (Å²) in [5, 5.41) is 19.5. The summed E-state index contributed by atoms with van der Waals surface area (Å²) in [6.07, 6.45) is 5.81. The molecule has 3 nitrogen and oxygen atoms in total. The van der Waals surface area contributed by atoms with Crippen molar-refractivity contribution in [3.8, 4) is 0 Å². The van der Waals surface area contributed by atoms with Gasteiger partial charge in [-0.3, -0.25) is 5.10 Å². The summed E-state index contributed by atoms with van der Waals surface area (Å²) < 4.78 is 0. The van der Waals surface area contributed by atoms with E-state index in [-0.39, 0.29) is 5.41 Å².